The number of para-hydroxylation sites is 3. The molecule has 0 atom stereocenters. The molecule has 0 unspecified atom stereocenters. The summed E-state index contributed by atoms with van der Waals surface area (Å²) in [5, 5.41) is 5.09. The lowest BCUT2D eigenvalue weighted by Crippen LogP contribution is -2.15. The van der Waals surface area contributed by atoms with Gasteiger partial charge in [-0.3, -0.25) is 0 Å². The summed E-state index contributed by atoms with van der Waals surface area (Å²) in [6.45, 7) is 4.73. The van der Waals surface area contributed by atoms with Crippen molar-refractivity contribution in [3.63, 3.8) is 0 Å². The second kappa shape index (κ2) is 12.7. The number of rotatable bonds is 5. The van der Waals surface area contributed by atoms with Crippen LogP contribution in [0.25, 0.3) is 100 Å². The van der Waals surface area contributed by atoms with Crippen LogP contribution in [0, 0.1) is 0 Å². The third-order valence-electron chi connectivity index (χ3n) is 12.5. The zero-order valence-corrected chi connectivity index (χ0v) is 32.8. The molecule has 0 amide bonds. The maximum absolute atomic E-state index is 5.17. The molecule has 8 aromatic carbocycles. The second-order valence-electron chi connectivity index (χ2n) is 16.2. The van der Waals surface area contributed by atoms with Gasteiger partial charge in [-0.2, -0.15) is 0 Å². The molecule has 0 N–H and O–H groups in total. The molecule has 11 aromatic rings. The third kappa shape index (κ3) is 5.03. The Morgan fingerprint density at radius 1 is 0.373 bits per heavy atom. The predicted octanol–water partition coefficient (Wildman–Crippen LogP) is 14.0. The van der Waals surface area contributed by atoms with Crippen molar-refractivity contribution in [3.8, 4) is 56.4 Å². The molecule has 59 heavy (non-hydrogen) atoms. The van der Waals surface area contributed by atoms with Gasteiger partial charge in [0.25, 0.3) is 0 Å². The predicted molar refractivity (Wildman–Crippen MR) is 245 cm³/mol. The molecular formula is C55H38N4. The molecule has 0 saturated carbocycles. The average molecular weight is 755 g/mol. The van der Waals surface area contributed by atoms with E-state index in [0.717, 1.165) is 39.6 Å². The summed E-state index contributed by atoms with van der Waals surface area (Å²) < 4.78 is 4.88. The largest absolute Gasteiger partial charge is 0.309 e. The summed E-state index contributed by atoms with van der Waals surface area (Å²) in [4.78, 5) is 10.2. The van der Waals surface area contributed by atoms with Crippen LogP contribution < -0.4 is 0 Å². The van der Waals surface area contributed by atoms with Gasteiger partial charge in [0, 0.05) is 55.0 Å². The summed E-state index contributed by atoms with van der Waals surface area (Å²) in [7, 11) is 0. The minimum Gasteiger partial charge on any atom is -0.309 e. The van der Waals surface area contributed by atoms with Crippen molar-refractivity contribution in [1.82, 2.24) is 19.1 Å². The first kappa shape index (κ1) is 33.6. The quantitative estimate of drug-likeness (QED) is 0.175. The number of benzene rings is 8. The molecule has 0 radical (unpaired) electrons. The van der Waals surface area contributed by atoms with Crippen molar-refractivity contribution < 1.29 is 0 Å². The van der Waals surface area contributed by atoms with E-state index < -0.39 is 0 Å². The van der Waals surface area contributed by atoms with Gasteiger partial charge < -0.3 is 9.13 Å². The molecule has 3 aromatic heterocycles. The fraction of sp³-hybridized carbons (Fsp3) is 0.0545. The molecule has 1 aliphatic rings. The highest BCUT2D eigenvalue weighted by Crippen LogP contribution is 2.51. The van der Waals surface area contributed by atoms with E-state index in [1.807, 2.05) is 24.3 Å². The van der Waals surface area contributed by atoms with Crippen LogP contribution in [0.3, 0.4) is 0 Å². The standard InChI is InChI=1S/C55H38N4/c1-55(2)44-32-37(47-34-46(35-16-6-3-7-17-35)56-54(57-47)36-18-8-4-9-19-36)26-28-40(44)41-29-27-39(33-45(41)55)59-49-25-15-13-23-43(49)53-51(59)31-30-50-52(53)42-22-12-14-24-48(42)58(50)38-20-10-5-11-21-38/h3-34H,1-2H3. The van der Waals surface area contributed by atoms with E-state index in [1.54, 1.807) is 0 Å². The first-order chi connectivity index (χ1) is 29.0. The minimum atomic E-state index is -0.247. The summed E-state index contributed by atoms with van der Waals surface area (Å²) in [6, 6.07) is 69.9. The first-order valence-corrected chi connectivity index (χ1v) is 20.3. The Morgan fingerprint density at radius 3 is 1.49 bits per heavy atom. The van der Waals surface area contributed by atoms with Gasteiger partial charge in [0.05, 0.1) is 33.5 Å². The van der Waals surface area contributed by atoms with Crippen LogP contribution in [0.2, 0.25) is 0 Å². The van der Waals surface area contributed by atoms with Crippen LogP contribution in [-0.2, 0) is 5.41 Å². The normalized spacial score (nSPS) is 13.1. The monoisotopic (exact) mass is 754 g/mol. The van der Waals surface area contributed by atoms with Crippen LogP contribution in [0.15, 0.2) is 194 Å². The van der Waals surface area contributed by atoms with Crippen LogP contribution in [0.4, 0.5) is 0 Å². The summed E-state index contributed by atoms with van der Waals surface area (Å²) in [5.74, 6) is 0.725. The molecule has 0 fully saturated rings. The lowest BCUT2D eigenvalue weighted by molar-refractivity contribution is 0.660. The molecule has 3 heterocycles. The molecule has 0 bridgehead atoms. The Morgan fingerprint density at radius 2 is 0.864 bits per heavy atom. The number of hydrogen-bond acceptors (Lipinski definition) is 2. The van der Waals surface area contributed by atoms with E-state index in [4.69, 9.17) is 9.97 Å². The van der Waals surface area contributed by atoms with Crippen LogP contribution in [0.5, 0.6) is 0 Å². The lowest BCUT2D eigenvalue weighted by atomic mass is 9.81. The van der Waals surface area contributed by atoms with Gasteiger partial charge in [0.1, 0.15) is 0 Å². The Kier molecular flexibility index (Phi) is 7.24. The molecule has 0 aliphatic heterocycles. The molecule has 12 rings (SSSR count). The van der Waals surface area contributed by atoms with Crippen molar-refractivity contribution in [2.24, 2.45) is 0 Å². The second-order valence-corrected chi connectivity index (χ2v) is 16.2. The third-order valence-corrected chi connectivity index (χ3v) is 12.5. The van der Waals surface area contributed by atoms with Gasteiger partial charge in [-0.25, -0.2) is 9.97 Å². The summed E-state index contributed by atoms with van der Waals surface area (Å²) >= 11 is 0. The van der Waals surface area contributed by atoms with Crippen molar-refractivity contribution in [2.45, 2.75) is 19.3 Å². The topological polar surface area (TPSA) is 35.6 Å². The number of aromatic nitrogens is 4. The van der Waals surface area contributed by atoms with E-state index in [-0.39, 0.29) is 5.41 Å². The van der Waals surface area contributed by atoms with Gasteiger partial charge in [0.15, 0.2) is 5.82 Å². The van der Waals surface area contributed by atoms with Crippen molar-refractivity contribution in [3.05, 3.63) is 205 Å². The molecule has 0 saturated heterocycles. The highest BCUT2D eigenvalue weighted by atomic mass is 15.0. The molecule has 0 spiro atoms. The Labute approximate surface area is 342 Å². The van der Waals surface area contributed by atoms with Crippen LogP contribution >= 0.6 is 0 Å². The molecule has 4 heteroatoms. The zero-order valence-electron chi connectivity index (χ0n) is 32.8. The van der Waals surface area contributed by atoms with Crippen molar-refractivity contribution >= 4 is 43.6 Å². The summed E-state index contributed by atoms with van der Waals surface area (Å²) in [6.07, 6.45) is 0. The van der Waals surface area contributed by atoms with Gasteiger partial charge in [-0.05, 0) is 82.9 Å². The van der Waals surface area contributed by atoms with E-state index >= 15 is 0 Å². The molecule has 1 aliphatic carbocycles. The lowest BCUT2D eigenvalue weighted by Gasteiger charge is -2.23. The highest BCUT2D eigenvalue weighted by molar-refractivity contribution is 6.28. The smallest absolute Gasteiger partial charge is 0.160 e. The van der Waals surface area contributed by atoms with E-state index in [0.29, 0.717) is 0 Å². The fourth-order valence-corrected chi connectivity index (χ4v) is 9.74. The maximum Gasteiger partial charge on any atom is 0.160 e. The highest BCUT2D eigenvalue weighted by Gasteiger charge is 2.36. The van der Waals surface area contributed by atoms with Gasteiger partial charge in [0.2, 0.25) is 0 Å². The van der Waals surface area contributed by atoms with Crippen LogP contribution in [0.1, 0.15) is 25.0 Å². The molecular weight excluding hydrogens is 717 g/mol. The fourth-order valence-electron chi connectivity index (χ4n) is 9.74. The van der Waals surface area contributed by atoms with E-state index in [1.165, 1.54) is 71.6 Å². The summed E-state index contributed by atoms with van der Waals surface area (Å²) in [5.41, 5.74) is 17.1. The number of hydrogen-bond donors (Lipinski definition) is 0. The van der Waals surface area contributed by atoms with Gasteiger partial charge in [-0.15, -0.1) is 0 Å². The average Bonchev–Trinajstić information content (AvgIpc) is 3.89. The Bertz CT molecular complexity index is 3390. The minimum absolute atomic E-state index is 0.247. The Hall–Kier alpha value is -7.56. The van der Waals surface area contributed by atoms with Crippen molar-refractivity contribution in [2.75, 3.05) is 0 Å². The molecule has 278 valence electrons. The maximum atomic E-state index is 5.17. The van der Waals surface area contributed by atoms with E-state index in [9.17, 15) is 0 Å². The van der Waals surface area contributed by atoms with Gasteiger partial charge >= 0.3 is 0 Å². The molecule has 4 nitrogen and oxygen atoms in total. The van der Waals surface area contributed by atoms with Crippen molar-refractivity contribution in [1.29, 1.82) is 0 Å². The number of nitrogens with zero attached hydrogens (tertiary/aromatic N) is 4. The first-order valence-electron chi connectivity index (χ1n) is 20.3. The van der Waals surface area contributed by atoms with Crippen LogP contribution in [-0.4, -0.2) is 19.1 Å². The zero-order chi connectivity index (χ0) is 39.2. The Balaban J connectivity index is 1.02. The van der Waals surface area contributed by atoms with Gasteiger partial charge in [-0.1, -0.05) is 147 Å². The SMILES string of the molecule is CC1(C)c2cc(-c3cc(-c4ccccc4)nc(-c4ccccc4)n3)ccc2-c2ccc(-n3c4ccccc4c4c5c6ccccc6n(-c6ccccc6)c5ccc43)cc21. The van der Waals surface area contributed by atoms with E-state index in [2.05, 4.69) is 193 Å². The number of fused-ring (bicyclic) bond motifs is 10.